The van der Waals surface area contributed by atoms with Crippen LogP contribution in [0.5, 0.6) is 0 Å². The van der Waals surface area contributed by atoms with Gasteiger partial charge in [-0.3, -0.25) is 0 Å². The number of alkyl halides is 3. The highest BCUT2D eigenvalue weighted by Crippen LogP contribution is 2.49. The minimum atomic E-state index is -1.42. The molecule has 0 unspecified atom stereocenters. The number of halogens is 3. The first-order valence-corrected chi connectivity index (χ1v) is 8.37. The molecule has 3 aliphatic rings. The molecule has 22 heavy (non-hydrogen) atoms. The summed E-state index contributed by atoms with van der Waals surface area (Å²) in [7, 11) is 0. The van der Waals surface area contributed by atoms with E-state index in [1.165, 1.54) is 0 Å². The SMILES string of the molecule is OC[C@H]1O[C@H](O[C@]2(CCl)O[C@H](CCl)[C@@H]3O[C@@H]32)[C@H](O)[C@@H](O)[C@H]1Cl. The third-order valence-electron chi connectivity index (χ3n) is 4.13. The fourth-order valence-corrected chi connectivity index (χ4v) is 3.64. The predicted molar refractivity (Wildman–Crippen MR) is 76.2 cm³/mol. The Morgan fingerprint density at radius 3 is 2.36 bits per heavy atom. The van der Waals surface area contributed by atoms with Crippen LogP contribution in [0.2, 0.25) is 0 Å². The topological polar surface area (TPSA) is 101 Å². The highest BCUT2D eigenvalue weighted by Gasteiger charge is 2.68. The van der Waals surface area contributed by atoms with Gasteiger partial charge in [-0.05, 0) is 0 Å². The van der Waals surface area contributed by atoms with Crippen LogP contribution in [0.15, 0.2) is 0 Å². The highest BCUT2D eigenvalue weighted by molar-refractivity contribution is 6.21. The van der Waals surface area contributed by atoms with Gasteiger partial charge in [0.2, 0.25) is 5.79 Å². The molecular formula is C12H17Cl3O7. The smallest absolute Gasteiger partial charge is 0.214 e. The van der Waals surface area contributed by atoms with Gasteiger partial charge in [0.25, 0.3) is 0 Å². The third kappa shape index (κ3) is 2.75. The van der Waals surface area contributed by atoms with Gasteiger partial charge in [-0.15, -0.1) is 34.8 Å². The molecule has 0 aromatic rings. The van der Waals surface area contributed by atoms with Crippen molar-refractivity contribution in [2.75, 3.05) is 18.4 Å². The van der Waals surface area contributed by atoms with Crippen LogP contribution in [0.25, 0.3) is 0 Å². The molecule has 0 amide bonds. The average Bonchev–Trinajstić information content (AvgIpc) is 3.27. The first-order chi connectivity index (χ1) is 10.5. The number of epoxide rings is 1. The summed E-state index contributed by atoms with van der Waals surface area (Å²) >= 11 is 17.7. The van der Waals surface area contributed by atoms with E-state index in [-0.39, 0.29) is 24.0 Å². The number of aliphatic hydroxyl groups is 3. The van der Waals surface area contributed by atoms with Gasteiger partial charge in [-0.1, -0.05) is 0 Å². The van der Waals surface area contributed by atoms with E-state index in [0.717, 1.165) is 0 Å². The van der Waals surface area contributed by atoms with Crippen molar-refractivity contribution in [2.45, 2.75) is 54.1 Å². The van der Waals surface area contributed by atoms with Gasteiger partial charge in [0.05, 0.1) is 23.7 Å². The minimum Gasteiger partial charge on any atom is -0.394 e. The minimum absolute atomic E-state index is 0.0711. The number of ether oxygens (including phenoxy) is 4. The third-order valence-corrected chi connectivity index (χ3v) is 5.35. The van der Waals surface area contributed by atoms with Crippen LogP contribution >= 0.6 is 34.8 Å². The Balaban J connectivity index is 1.74. The van der Waals surface area contributed by atoms with Crippen molar-refractivity contribution in [2.24, 2.45) is 0 Å². The summed E-state index contributed by atoms with van der Waals surface area (Å²) in [5, 5.41) is 28.3. The second kappa shape index (κ2) is 6.48. The van der Waals surface area contributed by atoms with E-state index < -0.39 is 48.5 Å². The molecule has 3 rings (SSSR count). The van der Waals surface area contributed by atoms with Gasteiger partial charge < -0.3 is 34.3 Å². The lowest BCUT2D eigenvalue weighted by Crippen LogP contribution is -2.60. The van der Waals surface area contributed by atoms with Crippen molar-refractivity contribution in [1.29, 1.82) is 0 Å². The van der Waals surface area contributed by atoms with Crippen molar-refractivity contribution in [1.82, 2.24) is 0 Å². The maximum absolute atomic E-state index is 10.1. The number of fused-ring (bicyclic) bond motifs is 1. The zero-order valence-corrected chi connectivity index (χ0v) is 13.6. The van der Waals surface area contributed by atoms with Crippen LogP contribution in [0.4, 0.5) is 0 Å². The Morgan fingerprint density at radius 2 is 1.82 bits per heavy atom. The van der Waals surface area contributed by atoms with Crippen molar-refractivity contribution in [3.63, 3.8) is 0 Å². The van der Waals surface area contributed by atoms with E-state index >= 15 is 0 Å². The Hall–Kier alpha value is 0.590. The molecule has 3 fully saturated rings. The van der Waals surface area contributed by atoms with Crippen LogP contribution in [-0.4, -0.2) is 87.8 Å². The van der Waals surface area contributed by atoms with Gasteiger partial charge in [0, 0.05) is 0 Å². The Labute approximate surface area is 141 Å². The monoisotopic (exact) mass is 378 g/mol. The van der Waals surface area contributed by atoms with Gasteiger partial charge in [-0.25, -0.2) is 0 Å². The summed E-state index contributed by atoms with van der Waals surface area (Å²) in [6.07, 6.45) is -5.89. The molecule has 7 nitrogen and oxygen atoms in total. The molecule has 128 valence electrons. The summed E-state index contributed by atoms with van der Waals surface area (Å²) in [6.45, 7) is -0.431. The van der Waals surface area contributed by atoms with Crippen LogP contribution in [0.1, 0.15) is 0 Å². The molecule has 3 N–H and O–H groups in total. The summed E-state index contributed by atoms with van der Waals surface area (Å²) in [5.41, 5.74) is 0. The second-order valence-corrected chi connectivity index (χ2v) is 6.63. The largest absolute Gasteiger partial charge is 0.394 e. The first kappa shape index (κ1) is 17.4. The van der Waals surface area contributed by atoms with Crippen LogP contribution in [-0.2, 0) is 18.9 Å². The Bertz CT molecular complexity index is 414. The summed E-state index contributed by atoms with van der Waals surface area (Å²) in [5.74, 6) is -1.18. The quantitative estimate of drug-likeness (QED) is 0.433. The summed E-state index contributed by atoms with van der Waals surface area (Å²) < 4.78 is 22.3. The lowest BCUT2D eigenvalue weighted by atomic mass is 10.0. The molecule has 3 aliphatic heterocycles. The number of hydrogen-bond acceptors (Lipinski definition) is 7. The summed E-state index contributed by atoms with van der Waals surface area (Å²) in [4.78, 5) is 0. The van der Waals surface area contributed by atoms with Gasteiger partial charge in [-0.2, -0.15) is 0 Å². The first-order valence-electron chi connectivity index (χ1n) is 6.87. The van der Waals surface area contributed by atoms with E-state index in [4.69, 9.17) is 53.8 Å². The van der Waals surface area contributed by atoms with Crippen LogP contribution in [0, 0.1) is 0 Å². The Morgan fingerprint density at radius 1 is 1.09 bits per heavy atom. The molecule has 0 aromatic carbocycles. The molecule has 3 heterocycles. The molecule has 0 aromatic heterocycles. The fourth-order valence-electron chi connectivity index (χ4n) is 2.84. The molecule has 3 saturated heterocycles. The fraction of sp³-hybridized carbons (Fsp3) is 1.00. The molecule has 0 radical (unpaired) electrons. The number of hydrogen-bond donors (Lipinski definition) is 3. The lowest BCUT2D eigenvalue weighted by Gasteiger charge is -2.42. The lowest BCUT2D eigenvalue weighted by molar-refractivity contribution is -0.355. The normalized spacial score (nSPS) is 54.3. The van der Waals surface area contributed by atoms with Gasteiger partial charge >= 0.3 is 0 Å². The molecule has 10 heteroatoms. The van der Waals surface area contributed by atoms with E-state index in [0.29, 0.717) is 0 Å². The molecule has 0 bridgehead atoms. The molecule has 0 spiro atoms. The zero-order valence-electron chi connectivity index (χ0n) is 11.3. The maximum atomic E-state index is 10.1. The molecule has 9 atom stereocenters. The van der Waals surface area contributed by atoms with E-state index in [1.807, 2.05) is 0 Å². The summed E-state index contributed by atoms with van der Waals surface area (Å²) in [6, 6.07) is 0. The predicted octanol–water partition coefficient (Wildman–Crippen LogP) is -0.611. The number of aliphatic hydroxyl groups excluding tert-OH is 3. The second-order valence-electron chi connectivity index (χ2n) is 5.55. The van der Waals surface area contributed by atoms with Crippen molar-refractivity contribution in [3.8, 4) is 0 Å². The average molecular weight is 380 g/mol. The number of rotatable bonds is 5. The highest BCUT2D eigenvalue weighted by atomic mass is 35.5. The molecular weight excluding hydrogens is 362 g/mol. The van der Waals surface area contributed by atoms with Gasteiger partial charge in [0.1, 0.15) is 36.6 Å². The Kier molecular flexibility index (Phi) is 5.13. The maximum Gasteiger partial charge on any atom is 0.214 e. The van der Waals surface area contributed by atoms with E-state index in [2.05, 4.69) is 0 Å². The van der Waals surface area contributed by atoms with Crippen molar-refractivity contribution < 1.29 is 34.3 Å². The standard InChI is InChI=1S/C12H17Cl3O7/c13-1-4-9-10(20-9)12(3-14,21-4)22-11-8(18)7(17)6(15)5(2-16)19-11/h4-11,16-18H,1-3H2/t4-,5-,6+,7+,8-,9+,10+,11-,12+/m1/s1. The van der Waals surface area contributed by atoms with E-state index in [9.17, 15) is 15.3 Å². The van der Waals surface area contributed by atoms with Crippen molar-refractivity contribution >= 4 is 34.8 Å². The van der Waals surface area contributed by atoms with Crippen molar-refractivity contribution in [3.05, 3.63) is 0 Å². The molecule has 0 aliphatic carbocycles. The van der Waals surface area contributed by atoms with Gasteiger partial charge in [0.15, 0.2) is 6.29 Å². The molecule has 0 saturated carbocycles. The van der Waals surface area contributed by atoms with Crippen LogP contribution < -0.4 is 0 Å². The van der Waals surface area contributed by atoms with Crippen LogP contribution in [0.3, 0.4) is 0 Å². The van der Waals surface area contributed by atoms with E-state index in [1.54, 1.807) is 0 Å². The zero-order chi connectivity index (χ0) is 16.1.